The molecule has 35 heavy (non-hydrogen) atoms. The van der Waals surface area contributed by atoms with Crippen molar-refractivity contribution in [2.45, 2.75) is 56.3 Å². The van der Waals surface area contributed by atoms with Crippen LogP contribution < -0.4 is 27.8 Å². The quantitative estimate of drug-likeness (QED) is 0.0756. The zero-order valence-corrected chi connectivity index (χ0v) is 19.2. The summed E-state index contributed by atoms with van der Waals surface area (Å²) in [5.74, 6) is -3.23. The van der Waals surface area contributed by atoms with Gasteiger partial charge in [-0.3, -0.25) is 19.4 Å². The number of rotatable bonds is 13. The summed E-state index contributed by atoms with van der Waals surface area (Å²) in [7, 11) is 0. The van der Waals surface area contributed by atoms with Crippen molar-refractivity contribution in [2.75, 3.05) is 19.7 Å². The molecule has 4 unspecified atom stereocenters. The van der Waals surface area contributed by atoms with Crippen molar-refractivity contribution < 1.29 is 29.4 Å². The molecular weight excluding hydrogens is 462 g/mol. The third-order valence-electron chi connectivity index (χ3n) is 5.53. The molecule has 1 saturated heterocycles. The van der Waals surface area contributed by atoms with Gasteiger partial charge < -0.3 is 47.9 Å². The van der Waals surface area contributed by atoms with Crippen molar-refractivity contribution in [1.82, 2.24) is 25.5 Å². The number of amides is 3. The van der Waals surface area contributed by atoms with Crippen molar-refractivity contribution in [1.29, 1.82) is 0 Å². The second-order valence-corrected chi connectivity index (χ2v) is 8.17. The van der Waals surface area contributed by atoms with Crippen LogP contribution in [0, 0.1) is 0 Å². The normalized spacial score (nSPS) is 17.8. The largest absolute Gasteiger partial charge is 0.480 e. The van der Waals surface area contributed by atoms with Gasteiger partial charge in [0.05, 0.1) is 19.0 Å². The van der Waals surface area contributed by atoms with Gasteiger partial charge in [-0.25, -0.2) is 9.78 Å². The number of hydrogen-bond donors (Lipinski definition) is 8. The summed E-state index contributed by atoms with van der Waals surface area (Å²) in [6.45, 7) is -0.245. The van der Waals surface area contributed by atoms with Crippen LogP contribution in [0.3, 0.4) is 0 Å². The fourth-order valence-electron chi connectivity index (χ4n) is 3.70. The Labute approximate surface area is 201 Å². The molecule has 4 atom stereocenters. The summed E-state index contributed by atoms with van der Waals surface area (Å²) in [5, 5.41) is 23.2. The summed E-state index contributed by atoms with van der Waals surface area (Å²) in [4.78, 5) is 61.9. The fourth-order valence-corrected chi connectivity index (χ4v) is 3.70. The molecule has 1 aromatic heterocycles. The number of aliphatic imine (C=N–C) groups is 1. The number of aliphatic hydroxyl groups excluding tert-OH is 1. The summed E-state index contributed by atoms with van der Waals surface area (Å²) >= 11 is 0. The number of aromatic nitrogens is 2. The maximum atomic E-state index is 13.4. The zero-order valence-electron chi connectivity index (χ0n) is 19.2. The third-order valence-corrected chi connectivity index (χ3v) is 5.53. The number of nitrogens with one attached hydrogen (secondary N) is 3. The number of aliphatic hydroxyl groups is 1. The molecule has 0 radical (unpaired) electrons. The molecule has 11 N–H and O–H groups in total. The Morgan fingerprint density at radius 3 is 2.60 bits per heavy atom. The van der Waals surface area contributed by atoms with Gasteiger partial charge >= 0.3 is 5.97 Å². The van der Waals surface area contributed by atoms with E-state index in [4.69, 9.17) is 22.3 Å². The van der Waals surface area contributed by atoms with E-state index in [9.17, 15) is 24.3 Å². The van der Waals surface area contributed by atoms with Gasteiger partial charge in [-0.2, -0.15) is 0 Å². The first-order chi connectivity index (χ1) is 16.6. The van der Waals surface area contributed by atoms with E-state index >= 15 is 0 Å². The highest BCUT2D eigenvalue weighted by Crippen LogP contribution is 2.20. The Hall–Kier alpha value is -3.72. The van der Waals surface area contributed by atoms with E-state index in [0.717, 1.165) is 0 Å². The summed E-state index contributed by atoms with van der Waals surface area (Å²) < 4.78 is 0. The molecule has 0 aromatic carbocycles. The van der Waals surface area contributed by atoms with Crippen LogP contribution in [0.25, 0.3) is 0 Å². The number of carbonyl (C=O) groups is 4. The molecule has 2 heterocycles. The van der Waals surface area contributed by atoms with Crippen LogP contribution in [0.15, 0.2) is 17.5 Å². The lowest BCUT2D eigenvalue weighted by atomic mass is 10.1. The van der Waals surface area contributed by atoms with Gasteiger partial charge in [0, 0.05) is 31.4 Å². The Bertz CT molecular complexity index is 903. The van der Waals surface area contributed by atoms with Crippen LogP contribution >= 0.6 is 0 Å². The Morgan fingerprint density at radius 2 is 2.00 bits per heavy atom. The molecule has 1 fully saturated rings. The zero-order chi connectivity index (χ0) is 26.0. The Balaban J connectivity index is 2.10. The van der Waals surface area contributed by atoms with Crippen molar-refractivity contribution in [3.05, 3.63) is 18.2 Å². The Kier molecular flexibility index (Phi) is 10.4. The SMILES string of the molecule is NC(N)=NCCCC(N)C(=O)NC(Cc1cnc[nH]1)C(=O)N1CCCC1C(=O)NC(CO)C(=O)O. The maximum Gasteiger partial charge on any atom is 0.328 e. The lowest BCUT2D eigenvalue weighted by Gasteiger charge is -2.29. The summed E-state index contributed by atoms with van der Waals surface area (Å²) in [5.41, 5.74) is 17.1. The van der Waals surface area contributed by atoms with Crippen LogP contribution in [0.5, 0.6) is 0 Å². The lowest BCUT2D eigenvalue weighted by Crippen LogP contribution is -2.57. The predicted octanol–water partition coefficient (Wildman–Crippen LogP) is -3.63. The monoisotopic (exact) mass is 495 g/mol. The minimum Gasteiger partial charge on any atom is -0.480 e. The van der Waals surface area contributed by atoms with E-state index in [0.29, 0.717) is 31.5 Å². The second-order valence-electron chi connectivity index (χ2n) is 8.17. The molecule has 0 spiro atoms. The van der Waals surface area contributed by atoms with Gasteiger partial charge in [-0.1, -0.05) is 0 Å². The Morgan fingerprint density at radius 1 is 1.26 bits per heavy atom. The number of aliphatic carboxylic acids is 1. The fraction of sp³-hybridized carbons (Fsp3) is 0.600. The minimum atomic E-state index is -1.49. The van der Waals surface area contributed by atoms with Crippen molar-refractivity contribution in [3.8, 4) is 0 Å². The highest BCUT2D eigenvalue weighted by atomic mass is 16.4. The molecule has 1 aliphatic heterocycles. The number of guanidine groups is 1. The highest BCUT2D eigenvalue weighted by molar-refractivity contribution is 5.94. The van der Waals surface area contributed by atoms with Gasteiger partial charge in [0.2, 0.25) is 17.7 Å². The molecule has 0 aliphatic carbocycles. The standard InChI is InChI=1S/C20H33N9O6/c21-12(3-1-5-25-20(22)23)16(31)27-13(7-11-8-24-10-26-11)18(33)29-6-2-4-15(29)17(32)28-14(9-30)19(34)35/h8,10,12-15,30H,1-7,9,21H2,(H,24,26)(H,27,31)(H,28,32)(H,34,35)(H4,22,23,25). The van der Waals surface area contributed by atoms with Crippen LogP contribution in [0.1, 0.15) is 31.4 Å². The number of nitrogens with two attached hydrogens (primary N) is 3. The van der Waals surface area contributed by atoms with E-state index in [2.05, 4.69) is 25.6 Å². The van der Waals surface area contributed by atoms with Gasteiger partial charge in [0.15, 0.2) is 5.96 Å². The van der Waals surface area contributed by atoms with Gasteiger partial charge in [-0.15, -0.1) is 0 Å². The molecule has 194 valence electrons. The van der Waals surface area contributed by atoms with Crippen LogP contribution in [0.2, 0.25) is 0 Å². The number of hydrogen-bond acceptors (Lipinski definition) is 8. The molecule has 15 nitrogen and oxygen atoms in total. The molecule has 0 bridgehead atoms. The average Bonchev–Trinajstić information content (AvgIpc) is 3.50. The number of carboxylic acid groups (broad SMARTS) is 1. The highest BCUT2D eigenvalue weighted by Gasteiger charge is 2.39. The van der Waals surface area contributed by atoms with Crippen LogP contribution in [0.4, 0.5) is 0 Å². The van der Waals surface area contributed by atoms with E-state index in [1.807, 2.05) is 0 Å². The average molecular weight is 496 g/mol. The number of carboxylic acids is 1. The van der Waals surface area contributed by atoms with Crippen LogP contribution in [-0.2, 0) is 25.6 Å². The van der Waals surface area contributed by atoms with E-state index in [-0.39, 0.29) is 25.3 Å². The smallest absolute Gasteiger partial charge is 0.328 e. The molecule has 3 amide bonds. The predicted molar refractivity (Wildman–Crippen MR) is 123 cm³/mol. The topological polar surface area (TPSA) is 255 Å². The molecule has 1 aromatic rings. The maximum absolute atomic E-state index is 13.4. The summed E-state index contributed by atoms with van der Waals surface area (Å²) in [6.07, 6.45) is 4.57. The molecule has 2 rings (SSSR count). The third kappa shape index (κ3) is 8.22. The van der Waals surface area contributed by atoms with Crippen LogP contribution in [-0.4, -0.2) is 98.6 Å². The molecular formula is C20H33N9O6. The van der Waals surface area contributed by atoms with Gasteiger partial charge in [-0.05, 0) is 25.7 Å². The van der Waals surface area contributed by atoms with Gasteiger partial charge in [0.25, 0.3) is 0 Å². The number of carbonyl (C=O) groups excluding carboxylic acids is 3. The first kappa shape index (κ1) is 27.5. The number of H-pyrrole nitrogens is 1. The number of nitrogens with zero attached hydrogens (tertiary/aromatic N) is 3. The number of imidazole rings is 1. The van der Waals surface area contributed by atoms with E-state index < -0.39 is 54.5 Å². The number of likely N-dealkylation sites (tertiary alicyclic amines) is 1. The second kappa shape index (κ2) is 13.2. The first-order valence-corrected chi connectivity index (χ1v) is 11.2. The van der Waals surface area contributed by atoms with Gasteiger partial charge in [0.1, 0.15) is 18.1 Å². The van der Waals surface area contributed by atoms with E-state index in [1.54, 1.807) is 0 Å². The molecule has 15 heteroatoms. The number of aromatic amines is 1. The van der Waals surface area contributed by atoms with Crippen molar-refractivity contribution in [2.24, 2.45) is 22.2 Å². The summed E-state index contributed by atoms with van der Waals surface area (Å²) in [6, 6.07) is -4.39. The minimum absolute atomic E-state index is 0.0638. The van der Waals surface area contributed by atoms with Crippen molar-refractivity contribution >= 4 is 29.7 Å². The first-order valence-electron chi connectivity index (χ1n) is 11.2. The molecule has 0 saturated carbocycles. The van der Waals surface area contributed by atoms with E-state index in [1.165, 1.54) is 17.4 Å². The molecule has 1 aliphatic rings. The lowest BCUT2D eigenvalue weighted by molar-refractivity contribution is -0.145. The van der Waals surface area contributed by atoms with Crippen molar-refractivity contribution in [3.63, 3.8) is 0 Å².